The minimum Gasteiger partial charge on any atom is -0.326 e. The van der Waals surface area contributed by atoms with Gasteiger partial charge in [-0.15, -0.1) is 11.8 Å². The van der Waals surface area contributed by atoms with Gasteiger partial charge in [-0.2, -0.15) is 0 Å². The molecule has 4 rings (SSSR count). The van der Waals surface area contributed by atoms with Gasteiger partial charge in [0, 0.05) is 17.0 Å². The van der Waals surface area contributed by atoms with Gasteiger partial charge in [0.15, 0.2) is 0 Å². The summed E-state index contributed by atoms with van der Waals surface area (Å²) < 4.78 is 13.9. The van der Waals surface area contributed by atoms with Crippen LogP contribution in [-0.2, 0) is 4.79 Å². The predicted octanol–water partition coefficient (Wildman–Crippen LogP) is 6.60. The molecule has 1 unspecified atom stereocenters. The normalized spacial score (nSPS) is 16.6. The lowest BCUT2D eigenvalue weighted by Crippen LogP contribution is -2.14. The summed E-state index contributed by atoms with van der Waals surface area (Å²) in [7, 11) is 0. The van der Waals surface area contributed by atoms with Crippen molar-refractivity contribution in [1.82, 2.24) is 0 Å². The number of carbonyl (C=O) groups excluding carboxylic acids is 1. The van der Waals surface area contributed by atoms with Crippen LogP contribution >= 0.6 is 11.8 Å². The van der Waals surface area contributed by atoms with Gasteiger partial charge in [0.05, 0.1) is 0 Å². The molecule has 3 aromatic rings. The van der Waals surface area contributed by atoms with Crippen molar-refractivity contribution in [3.05, 3.63) is 95.3 Å². The third-order valence-corrected chi connectivity index (χ3v) is 5.96. The van der Waals surface area contributed by atoms with Crippen LogP contribution in [0.3, 0.4) is 0 Å². The molecule has 2 nitrogen and oxygen atoms in total. The summed E-state index contributed by atoms with van der Waals surface area (Å²) in [6, 6.07) is 22.7. The zero-order chi connectivity index (χ0) is 20.2. The van der Waals surface area contributed by atoms with Gasteiger partial charge in [0.1, 0.15) is 5.82 Å². The molecule has 0 fully saturated rings. The van der Waals surface area contributed by atoms with E-state index < -0.39 is 0 Å². The fourth-order valence-electron chi connectivity index (χ4n) is 3.83. The van der Waals surface area contributed by atoms with Crippen LogP contribution in [-0.4, -0.2) is 12.2 Å². The molecule has 0 heterocycles. The lowest BCUT2D eigenvalue weighted by molar-refractivity contribution is -0.116. The molecule has 1 atom stereocenters. The second kappa shape index (κ2) is 8.66. The summed E-state index contributed by atoms with van der Waals surface area (Å²) in [6.07, 6.45) is 5.26. The molecule has 0 spiro atoms. The first kappa shape index (κ1) is 19.5. The van der Waals surface area contributed by atoms with E-state index in [4.69, 9.17) is 0 Å². The van der Waals surface area contributed by atoms with E-state index in [1.165, 1.54) is 11.0 Å². The van der Waals surface area contributed by atoms with E-state index >= 15 is 0 Å². The van der Waals surface area contributed by atoms with Gasteiger partial charge in [0.2, 0.25) is 5.91 Å². The first-order valence-electron chi connectivity index (χ1n) is 9.62. The highest BCUT2D eigenvalue weighted by molar-refractivity contribution is 7.98. The number of halogens is 1. The van der Waals surface area contributed by atoms with Crippen molar-refractivity contribution in [2.75, 3.05) is 11.6 Å². The molecule has 0 aromatic heterocycles. The number of nitrogens with one attached hydrogen (secondary N) is 1. The number of rotatable bonds is 5. The molecule has 146 valence electrons. The SMILES string of the molecule is CSc1ccc(/C=C2\CC(CC(=O)Nc3ccccc3)c3cc(F)ccc32)cc1. The van der Waals surface area contributed by atoms with Crippen LogP contribution in [0.25, 0.3) is 11.6 Å². The number of anilines is 1. The monoisotopic (exact) mass is 403 g/mol. The Kier molecular flexibility index (Phi) is 5.81. The van der Waals surface area contributed by atoms with Crippen LogP contribution in [0.5, 0.6) is 0 Å². The van der Waals surface area contributed by atoms with Crippen molar-refractivity contribution in [3.63, 3.8) is 0 Å². The van der Waals surface area contributed by atoms with E-state index in [1.54, 1.807) is 17.8 Å². The largest absolute Gasteiger partial charge is 0.326 e. The molecule has 1 amide bonds. The van der Waals surface area contributed by atoms with E-state index in [2.05, 4.69) is 41.9 Å². The Morgan fingerprint density at radius 3 is 2.59 bits per heavy atom. The number of allylic oxidation sites excluding steroid dienone is 1. The lowest BCUT2D eigenvalue weighted by Gasteiger charge is -2.11. The van der Waals surface area contributed by atoms with Gasteiger partial charge in [-0.3, -0.25) is 4.79 Å². The minimum atomic E-state index is -0.261. The van der Waals surface area contributed by atoms with Crippen molar-refractivity contribution < 1.29 is 9.18 Å². The van der Waals surface area contributed by atoms with Crippen LogP contribution in [0.2, 0.25) is 0 Å². The Bertz CT molecular complexity index is 1040. The van der Waals surface area contributed by atoms with Crippen molar-refractivity contribution in [1.29, 1.82) is 0 Å². The fourth-order valence-corrected chi connectivity index (χ4v) is 4.23. The van der Waals surface area contributed by atoms with E-state index in [1.807, 2.05) is 36.4 Å². The van der Waals surface area contributed by atoms with Crippen molar-refractivity contribution >= 4 is 35.0 Å². The van der Waals surface area contributed by atoms with E-state index in [0.717, 1.165) is 34.4 Å². The molecule has 0 aliphatic heterocycles. The van der Waals surface area contributed by atoms with E-state index in [-0.39, 0.29) is 17.6 Å². The Morgan fingerprint density at radius 2 is 1.86 bits per heavy atom. The molecule has 0 bridgehead atoms. The zero-order valence-corrected chi connectivity index (χ0v) is 17.0. The zero-order valence-electron chi connectivity index (χ0n) is 16.2. The van der Waals surface area contributed by atoms with Crippen LogP contribution < -0.4 is 5.32 Å². The number of hydrogen-bond acceptors (Lipinski definition) is 2. The second-order valence-electron chi connectivity index (χ2n) is 7.19. The lowest BCUT2D eigenvalue weighted by atomic mass is 9.97. The van der Waals surface area contributed by atoms with Crippen LogP contribution in [0, 0.1) is 5.82 Å². The number of fused-ring (bicyclic) bond motifs is 1. The van der Waals surface area contributed by atoms with Gasteiger partial charge in [-0.25, -0.2) is 4.39 Å². The van der Waals surface area contributed by atoms with Crippen molar-refractivity contribution in [2.45, 2.75) is 23.7 Å². The fraction of sp³-hybridized carbons (Fsp3) is 0.160. The summed E-state index contributed by atoms with van der Waals surface area (Å²) >= 11 is 1.71. The molecular formula is C25H22FNOS. The number of para-hydroxylation sites is 1. The van der Waals surface area contributed by atoms with Gasteiger partial charge in [-0.05, 0) is 77.3 Å². The molecule has 3 aromatic carbocycles. The number of carbonyl (C=O) groups is 1. The second-order valence-corrected chi connectivity index (χ2v) is 8.07. The Labute approximate surface area is 174 Å². The number of amides is 1. The standard InChI is InChI=1S/C25H22FNOS/c1-29-22-10-7-17(8-11-22)13-18-14-19(24-16-20(26)9-12-23(18)24)15-25(28)27-21-5-3-2-4-6-21/h2-13,16,19H,14-15H2,1H3,(H,27,28)/b18-13+. The average Bonchev–Trinajstić information content (AvgIpc) is 3.05. The third-order valence-electron chi connectivity index (χ3n) is 5.21. The van der Waals surface area contributed by atoms with Crippen LogP contribution in [0.4, 0.5) is 10.1 Å². The number of hydrogen-bond donors (Lipinski definition) is 1. The number of benzene rings is 3. The van der Waals surface area contributed by atoms with Crippen molar-refractivity contribution in [2.24, 2.45) is 0 Å². The first-order chi connectivity index (χ1) is 14.1. The summed E-state index contributed by atoms with van der Waals surface area (Å²) in [6.45, 7) is 0. The van der Waals surface area contributed by atoms with Gasteiger partial charge >= 0.3 is 0 Å². The molecule has 1 N–H and O–H groups in total. The molecular weight excluding hydrogens is 381 g/mol. The molecule has 1 aliphatic rings. The maximum atomic E-state index is 13.9. The highest BCUT2D eigenvalue weighted by Crippen LogP contribution is 2.44. The summed E-state index contributed by atoms with van der Waals surface area (Å²) in [5.74, 6) is -0.342. The third kappa shape index (κ3) is 4.60. The molecule has 0 saturated carbocycles. The minimum absolute atomic E-state index is 0.0267. The van der Waals surface area contributed by atoms with Gasteiger partial charge < -0.3 is 5.32 Å². The van der Waals surface area contributed by atoms with Crippen LogP contribution in [0.15, 0.2) is 77.7 Å². The predicted molar refractivity (Wildman–Crippen MR) is 120 cm³/mol. The maximum absolute atomic E-state index is 13.9. The first-order valence-corrected chi connectivity index (χ1v) is 10.8. The summed E-state index contributed by atoms with van der Waals surface area (Å²) in [4.78, 5) is 13.8. The Hall–Kier alpha value is -2.85. The smallest absolute Gasteiger partial charge is 0.224 e. The van der Waals surface area contributed by atoms with Gasteiger partial charge in [0.25, 0.3) is 0 Å². The highest BCUT2D eigenvalue weighted by atomic mass is 32.2. The summed E-state index contributed by atoms with van der Waals surface area (Å²) in [5.41, 5.74) is 4.99. The molecule has 0 radical (unpaired) electrons. The quantitative estimate of drug-likeness (QED) is 0.486. The topological polar surface area (TPSA) is 29.1 Å². The Balaban J connectivity index is 1.57. The summed E-state index contributed by atoms with van der Waals surface area (Å²) in [5, 5.41) is 2.94. The molecule has 0 saturated heterocycles. The molecule has 29 heavy (non-hydrogen) atoms. The van der Waals surface area contributed by atoms with Crippen LogP contribution in [0.1, 0.15) is 35.4 Å². The highest BCUT2D eigenvalue weighted by Gasteiger charge is 2.28. The molecule has 1 aliphatic carbocycles. The van der Waals surface area contributed by atoms with E-state index in [9.17, 15) is 9.18 Å². The van der Waals surface area contributed by atoms with Crippen molar-refractivity contribution in [3.8, 4) is 0 Å². The number of thioether (sulfide) groups is 1. The maximum Gasteiger partial charge on any atom is 0.224 e. The Morgan fingerprint density at radius 1 is 1.10 bits per heavy atom. The molecule has 4 heteroatoms. The van der Waals surface area contributed by atoms with E-state index in [0.29, 0.717) is 6.42 Å². The van der Waals surface area contributed by atoms with Gasteiger partial charge in [-0.1, -0.05) is 42.5 Å². The average molecular weight is 404 g/mol.